The fourth-order valence-electron chi connectivity index (χ4n) is 1.16. The lowest BCUT2D eigenvalue weighted by atomic mass is 10.2. The van der Waals surface area contributed by atoms with Crippen LogP contribution in [0.3, 0.4) is 0 Å². The van der Waals surface area contributed by atoms with Gasteiger partial charge >= 0.3 is 0 Å². The average molecular weight is 224 g/mol. The van der Waals surface area contributed by atoms with Crippen LogP contribution < -0.4 is 5.73 Å². The van der Waals surface area contributed by atoms with E-state index in [0.29, 0.717) is 6.54 Å². The van der Waals surface area contributed by atoms with E-state index in [2.05, 4.69) is 15.2 Å². The number of nitrogens with one attached hydrogen (secondary N) is 1. The number of aryl methyl sites for hydroxylation is 1. The molecule has 0 aliphatic heterocycles. The molecule has 80 valence electrons. The Morgan fingerprint density at radius 2 is 2.40 bits per heavy atom. The summed E-state index contributed by atoms with van der Waals surface area (Å²) in [4.78, 5) is 4.00. The van der Waals surface area contributed by atoms with E-state index in [4.69, 9.17) is 10.2 Å². The summed E-state index contributed by atoms with van der Waals surface area (Å²) in [5.41, 5.74) is 5.42. The molecule has 0 aromatic carbocycles. The molecule has 2 heterocycles. The SMILES string of the molecule is NCCCc1ccc(Sc2ncn[nH]2)o1. The Labute approximate surface area is 91.5 Å². The number of aromatic amines is 1. The molecule has 15 heavy (non-hydrogen) atoms. The maximum atomic E-state index is 5.58. The third-order valence-corrected chi connectivity index (χ3v) is 2.67. The quantitative estimate of drug-likeness (QED) is 0.803. The zero-order chi connectivity index (χ0) is 10.5. The number of rotatable bonds is 5. The van der Waals surface area contributed by atoms with Gasteiger partial charge in [0.15, 0.2) is 10.2 Å². The zero-order valence-corrected chi connectivity index (χ0v) is 8.96. The monoisotopic (exact) mass is 224 g/mol. The largest absolute Gasteiger partial charge is 0.454 e. The predicted molar refractivity (Wildman–Crippen MR) is 56.6 cm³/mol. The van der Waals surface area contributed by atoms with Crippen LogP contribution in [0.15, 0.2) is 33.1 Å². The van der Waals surface area contributed by atoms with Gasteiger partial charge in [-0.25, -0.2) is 4.98 Å². The molecule has 2 aromatic heterocycles. The van der Waals surface area contributed by atoms with E-state index < -0.39 is 0 Å². The topological polar surface area (TPSA) is 80.7 Å². The predicted octanol–water partition coefficient (Wildman–Crippen LogP) is 1.44. The van der Waals surface area contributed by atoms with Crippen LogP contribution >= 0.6 is 11.8 Å². The molecule has 0 aliphatic carbocycles. The minimum Gasteiger partial charge on any atom is -0.454 e. The molecule has 0 radical (unpaired) electrons. The molecule has 0 fully saturated rings. The number of nitrogens with two attached hydrogens (primary N) is 1. The second-order valence-electron chi connectivity index (χ2n) is 3.01. The van der Waals surface area contributed by atoms with E-state index in [0.717, 1.165) is 28.9 Å². The minimum atomic E-state index is 0.686. The summed E-state index contributed by atoms with van der Waals surface area (Å²) < 4.78 is 5.58. The third-order valence-electron chi connectivity index (χ3n) is 1.85. The summed E-state index contributed by atoms with van der Waals surface area (Å²) in [5, 5.41) is 8.07. The number of hydrogen-bond acceptors (Lipinski definition) is 5. The van der Waals surface area contributed by atoms with Gasteiger partial charge in [0.25, 0.3) is 0 Å². The number of H-pyrrole nitrogens is 1. The molecule has 0 spiro atoms. The molecule has 6 heteroatoms. The maximum absolute atomic E-state index is 5.58. The van der Waals surface area contributed by atoms with Crippen LogP contribution in [0.1, 0.15) is 12.2 Å². The lowest BCUT2D eigenvalue weighted by molar-refractivity contribution is 0.428. The third kappa shape index (κ3) is 2.84. The van der Waals surface area contributed by atoms with E-state index in [1.165, 1.54) is 18.1 Å². The van der Waals surface area contributed by atoms with Gasteiger partial charge in [-0.2, -0.15) is 5.10 Å². The molecule has 0 amide bonds. The van der Waals surface area contributed by atoms with Crippen molar-refractivity contribution in [2.75, 3.05) is 6.54 Å². The number of furan rings is 1. The second-order valence-corrected chi connectivity index (χ2v) is 4.00. The highest BCUT2D eigenvalue weighted by Crippen LogP contribution is 2.26. The second kappa shape index (κ2) is 4.99. The molecule has 0 atom stereocenters. The fraction of sp³-hybridized carbons (Fsp3) is 0.333. The van der Waals surface area contributed by atoms with Gasteiger partial charge < -0.3 is 10.2 Å². The van der Waals surface area contributed by atoms with Crippen LogP contribution in [0.2, 0.25) is 0 Å². The first kappa shape index (κ1) is 10.3. The maximum Gasteiger partial charge on any atom is 0.191 e. The lowest BCUT2D eigenvalue weighted by Gasteiger charge is -1.94. The van der Waals surface area contributed by atoms with Gasteiger partial charge in [0.2, 0.25) is 0 Å². The van der Waals surface area contributed by atoms with Crippen LogP contribution in [0.25, 0.3) is 0 Å². The molecule has 0 bridgehead atoms. The lowest BCUT2D eigenvalue weighted by Crippen LogP contribution is -1.99. The highest BCUT2D eigenvalue weighted by Gasteiger charge is 2.05. The van der Waals surface area contributed by atoms with Gasteiger partial charge in [-0.3, -0.25) is 5.10 Å². The molecular weight excluding hydrogens is 212 g/mol. The molecule has 0 saturated heterocycles. The molecule has 2 aromatic rings. The smallest absolute Gasteiger partial charge is 0.191 e. The van der Waals surface area contributed by atoms with E-state index in [-0.39, 0.29) is 0 Å². The number of hydrogen-bond donors (Lipinski definition) is 2. The Hall–Kier alpha value is -1.27. The van der Waals surface area contributed by atoms with E-state index in [1.807, 2.05) is 12.1 Å². The van der Waals surface area contributed by atoms with Gasteiger partial charge in [0, 0.05) is 6.42 Å². The normalized spacial score (nSPS) is 10.7. The minimum absolute atomic E-state index is 0.686. The summed E-state index contributed by atoms with van der Waals surface area (Å²) in [7, 11) is 0. The summed E-state index contributed by atoms with van der Waals surface area (Å²) in [6, 6.07) is 3.90. The van der Waals surface area contributed by atoms with Gasteiger partial charge in [-0.05, 0) is 36.9 Å². The summed E-state index contributed by atoms with van der Waals surface area (Å²) in [5.74, 6) is 0.961. The highest BCUT2D eigenvalue weighted by molar-refractivity contribution is 7.99. The molecular formula is C9H12N4OS. The van der Waals surface area contributed by atoms with Crippen molar-refractivity contribution in [1.29, 1.82) is 0 Å². The standard InChI is InChI=1S/C9H12N4OS/c10-5-1-2-7-3-4-8(14-7)15-9-11-6-12-13-9/h3-4,6H,1-2,5,10H2,(H,11,12,13). The Kier molecular flexibility index (Phi) is 3.41. The van der Waals surface area contributed by atoms with Gasteiger partial charge in [0.05, 0.1) is 0 Å². The summed E-state index contributed by atoms with van der Waals surface area (Å²) in [6.45, 7) is 0.686. The van der Waals surface area contributed by atoms with Crippen molar-refractivity contribution in [1.82, 2.24) is 15.2 Å². The fourth-order valence-corrected chi connectivity index (χ4v) is 1.84. The molecule has 0 aliphatic rings. The van der Waals surface area contributed by atoms with Crippen LogP contribution in [-0.2, 0) is 6.42 Å². The van der Waals surface area contributed by atoms with Crippen molar-refractivity contribution in [3.63, 3.8) is 0 Å². The Bertz CT molecular complexity index is 398. The van der Waals surface area contributed by atoms with Crippen molar-refractivity contribution in [2.24, 2.45) is 5.73 Å². The highest BCUT2D eigenvalue weighted by atomic mass is 32.2. The molecule has 2 rings (SSSR count). The first-order valence-corrected chi connectivity index (χ1v) is 5.52. The van der Waals surface area contributed by atoms with Gasteiger partial charge in [0.1, 0.15) is 12.1 Å². The first-order chi connectivity index (χ1) is 7.38. The average Bonchev–Trinajstić information content (AvgIpc) is 2.87. The van der Waals surface area contributed by atoms with Crippen LogP contribution in [-0.4, -0.2) is 21.7 Å². The summed E-state index contributed by atoms with van der Waals surface area (Å²) in [6.07, 6.45) is 3.30. The van der Waals surface area contributed by atoms with E-state index >= 15 is 0 Å². The molecule has 5 nitrogen and oxygen atoms in total. The Morgan fingerprint density at radius 1 is 1.47 bits per heavy atom. The Morgan fingerprint density at radius 3 is 3.13 bits per heavy atom. The van der Waals surface area contributed by atoms with Crippen LogP contribution in [0, 0.1) is 0 Å². The zero-order valence-electron chi connectivity index (χ0n) is 8.14. The van der Waals surface area contributed by atoms with Crippen molar-refractivity contribution < 1.29 is 4.42 Å². The van der Waals surface area contributed by atoms with E-state index in [9.17, 15) is 0 Å². The van der Waals surface area contributed by atoms with Crippen LogP contribution in [0.4, 0.5) is 0 Å². The van der Waals surface area contributed by atoms with Crippen molar-refractivity contribution in [3.05, 3.63) is 24.2 Å². The van der Waals surface area contributed by atoms with Crippen molar-refractivity contribution >= 4 is 11.8 Å². The first-order valence-electron chi connectivity index (χ1n) is 4.70. The van der Waals surface area contributed by atoms with Crippen LogP contribution in [0.5, 0.6) is 0 Å². The molecule has 0 unspecified atom stereocenters. The number of nitrogens with zero attached hydrogens (tertiary/aromatic N) is 2. The van der Waals surface area contributed by atoms with E-state index in [1.54, 1.807) is 0 Å². The Balaban J connectivity index is 1.95. The van der Waals surface area contributed by atoms with Gasteiger partial charge in [-0.15, -0.1) is 0 Å². The van der Waals surface area contributed by atoms with Crippen molar-refractivity contribution in [3.8, 4) is 0 Å². The number of aromatic nitrogens is 3. The van der Waals surface area contributed by atoms with Crippen molar-refractivity contribution in [2.45, 2.75) is 23.1 Å². The summed E-state index contributed by atoms with van der Waals surface area (Å²) >= 11 is 1.42. The van der Waals surface area contributed by atoms with Gasteiger partial charge in [-0.1, -0.05) is 0 Å². The molecule has 3 N–H and O–H groups in total. The molecule has 0 saturated carbocycles.